The van der Waals surface area contributed by atoms with E-state index in [0.717, 1.165) is 0 Å². The van der Waals surface area contributed by atoms with Crippen molar-refractivity contribution in [2.24, 2.45) is 16.5 Å². The van der Waals surface area contributed by atoms with E-state index in [-0.39, 0.29) is 50.6 Å². The number of aromatic nitrogens is 2. The Labute approximate surface area is 342 Å². The minimum atomic E-state index is -1.89. The molecule has 1 fully saturated rings. The number of hydrogen-bond donors (Lipinski definition) is 12. The normalized spacial score (nSPS) is 18.8. The van der Waals surface area contributed by atoms with Gasteiger partial charge in [-0.05, 0) is 52.9 Å². The van der Waals surface area contributed by atoms with Crippen LogP contribution in [0.2, 0.25) is 0 Å². The van der Waals surface area contributed by atoms with Gasteiger partial charge in [-0.2, -0.15) is 4.98 Å². The number of nitrogens with zero attached hydrogens (tertiary/aromatic N) is 3. The van der Waals surface area contributed by atoms with Crippen LogP contribution in [0, 0.1) is 5.82 Å². The number of hydrogen-bond acceptors (Lipinski definition) is 15. The smallest absolute Gasteiger partial charge is 0.408 e. The summed E-state index contributed by atoms with van der Waals surface area (Å²) in [4.78, 5) is 108. The van der Waals surface area contributed by atoms with Gasteiger partial charge in [-0.25, -0.2) is 18.8 Å². The summed E-state index contributed by atoms with van der Waals surface area (Å²) in [7, 11) is 0. The highest BCUT2D eigenvalue weighted by atomic mass is 19.1. The number of nitrogens with two attached hydrogens (primary N) is 2. The number of carbonyl (C=O) groups excluding carboxylic acids is 6. The lowest BCUT2D eigenvalue weighted by atomic mass is 10.1. The van der Waals surface area contributed by atoms with Gasteiger partial charge in [0.15, 0.2) is 23.8 Å². The Morgan fingerprint density at radius 3 is 2.17 bits per heavy atom. The van der Waals surface area contributed by atoms with Crippen molar-refractivity contribution in [2.75, 3.05) is 31.6 Å². The number of carboxylic acid groups (broad SMARTS) is 1. The molecular weight excluding hydrogens is 805 g/mol. The third kappa shape index (κ3) is 17.1. The number of anilines is 1. The number of aliphatic hydroxyl groups is 3. The Kier molecular flexibility index (Phi) is 19.7. The number of halogens is 1. The molecule has 0 spiro atoms. The second-order valence-corrected chi connectivity index (χ2v) is 14.5. The van der Waals surface area contributed by atoms with Crippen molar-refractivity contribution in [2.45, 2.75) is 114 Å². The summed E-state index contributed by atoms with van der Waals surface area (Å²) in [6.45, 7) is 4.84. The first kappa shape index (κ1) is 50.2. The first-order chi connectivity index (χ1) is 28.0. The third-order valence-corrected chi connectivity index (χ3v) is 8.28. The monoisotopic (exact) mass is 859 g/mol. The molecule has 6 amide bonds. The number of unbranched alkanes of at least 4 members (excludes halogenated alkanes) is 1. The van der Waals surface area contributed by atoms with Gasteiger partial charge in [0.25, 0.3) is 0 Å². The highest BCUT2D eigenvalue weighted by Gasteiger charge is 2.44. The number of aliphatic imine (C=N–C) groups is 1. The number of carbonyl (C=O) groups is 7. The molecule has 5 unspecified atom stereocenters. The van der Waals surface area contributed by atoms with E-state index >= 15 is 4.39 Å². The van der Waals surface area contributed by atoms with Gasteiger partial charge in [0, 0.05) is 20.0 Å². The molecule has 0 bridgehead atoms. The molecule has 0 saturated carbocycles. The average Bonchev–Trinajstić information content (AvgIpc) is 3.43. The molecule has 14 N–H and O–H groups in total. The van der Waals surface area contributed by atoms with Crippen molar-refractivity contribution >= 4 is 53.4 Å². The Bertz CT molecular complexity index is 1790. The Morgan fingerprint density at radius 1 is 0.950 bits per heavy atom. The molecule has 0 aromatic carbocycles. The van der Waals surface area contributed by atoms with Crippen molar-refractivity contribution < 1.29 is 67.9 Å². The number of nitrogens with one attached hydrogen (secondary N) is 6. The van der Waals surface area contributed by atoms with Crippen molar-refractivity contribution in [1.82, 2.24) is 36.1 Å². The van der Waals surface area contributed by atoms with Crippen LogP contribution in [-0.2, 0) is 38.2 Å². The summed E-state index contributed by atoms with van der Waals surface area (Å²) < 4.78 is 26.1. The highest BCUT2D eigenvalue weighted by molar-refractivity contribution is 5.97. The minimum absolute atomic E-state index is 0.00475. The van der Waals surface area contributed by atoms with Gasteiger partial charge in [-0.1, -0.05) is 0 Å². The van der Waals surface area contributed by atoms with Crippen molar-refractivity contribution in [3.05, 3.63) is 22.5 Å². The van der Waals surface area contributed by atoms with E-state index < -0.39 is 121 Å². The number of aliphatic hydroxyl groups excluding tert-OH is 3. The number of alkyl carbamates (subject to hydrolysis) is 1. The summed E-state index contributed by atoms with van der Waals surface area (Å²) in [5.41, 5.74) is 8.47. The topological polar surface area (TPSA) is 390 Å². The molecule has 0 aliphatic carbocycles. The molecule has 7 atom stereocenters. The van der Waals surface area contributed by atoms with Crippen LogP contribution in [0.3, 0.4) is 0 Å². The van der Waals surface area contributed by atoms with Gasteiger partial charge in [-0.3, -0.25) is 33.5 Å². The fraction of sp³-hybridized carbons (Fsp3) is 0.647. The van der Waals surface area contributed by atoms with Crippen molar-refractivity contribution in [3.8, 4) is 0 Å². The van der Waals surface area contributed by atoms with E-state index in [1.54, 1.807) is 20.8 Å². The zero-order chi connectivity index (χ0) is 45.3. The van der Waals surface area contributed by atoms with E-state index in [1.165, 1.54) is 6.92 Å². The van der Waals surface area contributed by atoms with Crippen LogP contribution < -0.4 is 49.1 Å². The molecule has 1 saturated heterocycles. The summed E-state index contributed by atoms with van der Waals surface area (Å²) in [6.07, 6.45) is -7.10. The first-order valence-electron chi connectivity index (χ1n) is 18.6. The van der Waals surface area contributed by atoms with Crippen LogP contribution in [0.15, 0.2) is 16.0 Å². The van der Waals surface area contributed by atoms with Gasteiger partial charge in [0.2, 0.25) is 29.5 Å². The maximum absolute atomic E-state index is 15.2. The van der Waals surface area contributed by atoms with Gasteiger partial charge in [0.1, 0.15) is 42.0 Å². The second kappa shape index (κ2) is 23.6. The van der Waals surface area contributed by atoms with Crippen LogP contribution in [0.4, 0.5) is 15.0 Å². The molecule has 0 radical (unpaired) electrons. The van der Waals surface area contributed by atoms with Gasteiger partial charge in [-0.15, -0.1) is 0 Å². The molecular formula is C34H54FN11O14. The van der Waals surface area contributed by atoms with Crippen LogP contribution in [-0.4, -0.2) is 146 Å². The van der Waals surface area contributed by atoms with E-state index in [1.807, 2.05) is 0 Å². The molecule has 60 heavy (non-hydrogen) atoms. The second-order valence-electron chi connectivity index (χ2n) is 14.5. The number of ether oxygens (including phenoxy) is 2. The minimum Gasteiger partial charge on any atom is -0.480 e. The average molecular weight is 860 g/mol. The predicted molar refractivity (Wildman–Crippen MR) is 205 cm³/mol. The quantitative estimate of drug-likeness (QED) is 0.0298. The molecule has 1 aromatic heterocycles. The van der Waals surface area contributed by atoms with Crippen molar-refractivity contribution in [1.29, 1.82) is 0 Å². The van der Waals surface area contributed by atoms with Crippen LogP contribution in [0.1, 0.15) is 72.4 Å². The van der Waals surface area contributed by atoms with E-state index in [9.17, 15) is 58.8 Å². The van der Waals surface area contributed by atoms with Gasteiger partial charge < -0.3 is 73.3 Å². The zero-order valence-electron chi connectivity index (χ0n) is 33.4. The Hall–Kier alpha value is -5.99. The molecule has 2 rings (SSSR count). The molecule has 1 aliphatic rings. The molecule has 2 heterocycles. The van der Waals surface area contributed by atoms with E-state index in [4.69, 9.17) is 20.9 Å². The first-order valence-corrected chi connectivity index (χ1v) is 18.6. The lowest BCUT2D eigenvalue weighted by molar-refractivity contribution is -0.143. The molecule has 26 heteroatoms. The standard InChI is InChI=1S/C34H54FN11O14/c1-16(48)38-10-6-5-8-19(28(54)44-26-17(35)14-46(32(57)45-26)29-25(52)24(51)21(15-47)59-29)41-22(49)12-20(30(55)56)42-23(50)13-40-27(53)18(9-7-11-39-31(36)37)43-33(58)60-34(2,3)4/h14,18-21,24-25,29,47,51-52H,5-13,15H2,1-4H3,(H,38,48)(H,40,53)(H,41,49)(H,42,50)(H,43,58)(H,55,56)(H4,36,37,39)(H,44,45,54,57)/t18?,19?,20?,21-,24?,25?,29-/m1/s1. The predicted octanol–water partition coefficient (Wildman–Crippen LogP) is -4.25. The Morgan fingerprint density at radius 2 is 1.58 bits per heavy atom. The number of rotatable bonds is 22. The molecule has 25 nitrogen and oxygen atoms in total. The van der Waals surface area contributed by atoms with Crippen LogP contribution >= 0.6 is 0 Å². The number of amides is 6. The fourth-order valence-electron chi connectivity index (χ4n) is 5.43. The van der Waals surface area contributed by atoms with E-state index in [2.05, 4.69) is 41.9 Å². The SMILES string of the molecule is CC(=O)NCCCCC(NC(=O)CC(NC(=O)CNC(=O)C(CCCN=C(N)N)NC(=O)OC(C)(C)C)C(=O)O)C(=O)Nc1nc(=O)n([C@@H]2O[C@H](CO)C(O)C2O)cc1F. The maximum Gasteiger partial charge on any atom is 0.408 e. The molecule has 1 aliphatic heterocycles. The van der Waals surface area contributed by atoms with E-state index in [0.29, 0.717) is 17.2 Å². The number of guanidine groups is 1. The molecule has 336 valence electrons. The van der Waals surface area contributed by atoms with Crippen LogP contribution in [0.25, 0.3) is 0 Å². The van der Waals surface area contributed by atoms with Gasteiger partial charge >= 0.3 is 17.8 Å². The summed E-state index contributed by atoms with van der Waals surface area (Å²) in [5.74, 6) is -8.50. The highest BCUT2D eigenvalue weighted by Crippen LogP contribution is 2.28. The van der Waals surface area contributed by atoms with Crippen LogP contribution in [0.5, 0.6) is 0 Å². The molecule has 1 aromatic rings. The zero-order valence-corrected chi connectivity index (χ0v) is 33.4. The lowest BCUT2D eigenvalue weighted by Crippen LogP contribution is -2.52. The fourth-order valence-corrected chi connectivity index (χ4v) is 5.43. The number of aliphatic carboxylic acids is 1. The largest absolute Gasteiger partial charge is 0.480 e. The summed E-state index contributed by atoms with van der Waals surface area (Å²) in [5, 5.41) is 53.0. The van der Waals surface area contributed by atoms with Crippen molar-refractivity contribution in [3.63, 3.8) is 0 Å². The maximum atomic E-state index is 15.2. The lowest BCUT2D eigenvalue weighted by Gasteiger charge is -2.23. The summed E-state index contributed by atoms with van der Waals surface area (Å²) >= 11 is 0. The summed E-state index contributed by atoms with van der Waals surface area (Å²) in [6, 6.07) is -4.63. The third-order valence-electron chi connectivity index (χ3n) is 8.28. The Balaban J connectivity index is 2.14. The number of carboxylic acids is 1. The van der Waals surface area contributed by atoms with Gasteiger partial charge in [0.05, 0.1) is 25.8 Å².